The van der Waals surface area contributed by atoms with Crippen LogP contribution in [0.15, 0.2) is 76.6 Å². The Hall–Kier alpha value is -3.49. The highest BCUT2D eigenvalue weighted by atomic mass is 32.2. The van der Waals surface area contributed by atoms with Crippen LogP contribution in [-0.2, 0) is 13.0 Å². The van der Waals surface area contributed by atoms with Crippen molar-refractivity contribution in [3.8, 4) is 16.9 Å². The minimum atomic E-state index is -0.660. The van der Waals surface area contributed by atoms with E-state index in [4.69, 9.17) is 4.74 Å². The first kappa shape index (κ1) is 26.1. The summed E-state index contributed by atoms with van der Waals surface area (Å²) < 4.78 is 51.6. The maximum atomic E-state index is 15.4. The van der Waals surface area contributed by atoms with Crippen molar-refractivity contribution in [3.63, 3.8) is 0 Å². The summed E-state index contributed by atoms with van der Waals surface area (Å²) in [6, 6.07) is 18.1. The van der Waals surface area contributed by atoms with Gasteiger partial charge in [0.2, 0.25) is 0 Å². The molecular formula is C30H27F3N2O2S. The zero-order valence-electron chi connectivity index (χ0n) is 21.1. The second-order valence-electron chi connectivity index (χ2n) is 9.24. The summed E-state index contributed by atoms with van der Waals surface area (Å²) in [5, 5.41) is 4.08. The van der Waals surface area contributed by atoms with E-state index in [1.165, 1.54) is 49.2 Å². The van der Waals surface area contributed by atoms with Gasteiger partial charge in [0.1, 0.15) is 11.6 Å². The van der Waals surface area contributed by atoms with Crippen molar-refractivity contribution in [2.75, 3.05) is 19.4 Å². The number of hydrogen-bond donors (Lipinski definition) is 1. The monoisotopic (exact) mass is 536 g/mol. The standard InChI is InChI=1S/C30H27F3N2O2S/c1-18-22(14-23-24(31)11-7-12-25(23)32)30-35(20(17-38-30)16-34-15-19-8-4-3-5-9-19)29(36)27(18)21-10-6-13-26(37-2)28(21)33/h3-13,20,34H,14-17H2,1-2H3. The molecule has 196 valence electrons. The van der Waals surface area contributed by atoms with Gasteiger partial charge in [-0.3, -0.25) is 9.36 Å². The van der Waals surface area contributed by atoms with E-state index in [0.717, 1.165) is 5.56 Å². The van der Waals surface area contributed by atoms with Crippen LogP contribution in [0.2, 0.25) is 0 Å². The number of halogens is 3. The molecule has 0 saturated carbocycles. The van der Waals surface area contributed by atoms with Crippen molar-refractivity contribution in [2.45, 2.75) is 31.0 Å². The van der Waals surface area contributed by atoms with E-state index in [-0.39, 0.29) is 40.5 Å². The summed E-state index contributed by atoms with van der Waals surface area (Å²) in [7, 11) is 1.36. The number of nitrogens with zero attached hydrogens (tertiary/aromatic N) is 1. The molecule has 4 nitrogen and oxygen atoms in total. The van der Waals surface area contributed by atoms with Crippen LogP contribution in [0.25, 0.3) is 11.1 Å². The topological polar surface area (TPSA) is 43.3 Å². The van der Waals surface area contributed by atoms with E-state index in [2.05, 4.69) is 5.32 Å². The molecule has 0 saturated heterocycles. The molecule has 0 spiro atoms. The smallest absolute Gasteiger partial charge is 0.260 e. The van der Waals surface area contributed by atoms with E-state index in [0.29, 0.717) is 35.0 Å². The van der Waals surface area contributed by atoms with Gasteiger partial charge in [0, 0.05) is 36.4 Å². The number of methoxy groups -OCH3 is 1. The maximum absolute atomic E-state index is 15.4. The first-order valence-electron chi connectivity index (χ1n) is 12.3. The molecule has 5 rings (SSSR count). The fourth-order valence-electron chi connectivity index (χ4n) is 4.96. The maximum Gasteiger partial charge on any atom is 0.260 e. The highest BCUT2D eigenvalue weighted by molar-refractivity contribution is 7.99. The third-order valence-electron chi connectivity index (χ3n) is 6.93. The lowest BCUT2D eigenvalue weighted by molar-refractivity contribution is 0.387. The first-order chi connectivity index (χ1) is 18.4. The molecule has 38 heavy (non-hydrogen) atoms. The van der Waals surface area contributed by atoms with Crippen LogP contribution in [0.3, 0.4) is 0 Å². The predicted octanol–water partition coefficient (Wildman–Crippen LogP) is 6.28. The normalized spacial score (nSPS) is 14.5. The molecule has 0 amide bonds. The van der Waals surface area contributed by atoms with Crippen LogP contribution >= 0.6 is 11.8 Å². The van der Waals surface area contributed by atoms with Gasteiger partial charge >= 0.3 is 0 Å². The van der Waals surface area contributed by atoms with Gasteiger partial charge in [-0.2, -0.15) is 0 Å². The van der Waals surface area contributed by atoms with Crippen LogP contribution in [-0.4, -0.2) is 24.0 Å². The summed E-state index contributed by atoms with van der Waals surface area (Å²) in [4.78, 5) is 14.0. The van der Waals surface area contributed by atoms with Gasteiger partial charge in [0.25, 0.3) is 5.56 Å². The number of pyridine rings is 1. The van der Waals surface area contributed by atoms with E-state index in [1.807, 2.05) is 30.3 Å². The number of rotatable bonds is 8. The van der Waals surface area contributed by atoms with E-state index < -0.39 is 17.5 Å². The van der Waals surface area contributed by atoms with Crippen LogP contribution in [0.1, 0.15) is 28.3 Å². The lowest BCUT2D eigenvalue weighted by Crippen LogP contribution is -2.33. The predicted molar refractivity (Wildman–Crippen MR) is 144 cm³/mol. The van der Waals surface area contributed by atoms with E-state index in [1.54, 1.807) is 17.6 Å². The number of ether oxygens (including phenoxy) is 1. The van der Waals surface area contributed by atoms with Crippen LogP contribution in [0.4, 0.5) is 13.2 Å². The lowest BCUT2D eigenvalue weighted by atomic mass is 9.94. The van der Waals surface area contributed by atoms with Gasteiger partial charge in [-0.1, -0.05) is 48.5 Å². The Morgan fingerprint density at radius 1 is 0.974 bits per heavy atom. The number of fused-ring (bicyclic) bond motifs is 1. The highest BCUT2D eigenvalue weighted by Crippen LogP contribution is 2.40. The summed E-state index contributed by atoms with van der Waals surface area (Å²) in [5.41, 5.74) is 2.09. The van der Waals surface area contributed by atoms with Crippen molar-refractivity contribution >= 4 is 11.8 Å². The summed E-state index contributed by atoms with van der Waals surface area (Å²) in [5.74, 6) is -1.35. The molecular weight excluding hydrogens is 509 g/mol. The first-order valence-corrected chi connectivity index (χ1v) is 13.3. The Bertz CT molecular complexity index is 1520. The fourth-order valence-corrected chi connectivity index (χ4v) is 6.35. The minimum Gasteiger partial charge on any atom is -0.494 e. The SMILES string of the molecule is COc1cccc(-c2c(C)c(Cc3c(F)cccc3F)c3n(c2=O)C(CNCc2ccccc2)CS3)c1F. The lowest BCUT2D eigenvalue weighted by Gasteiger charge is -2.21. The number of nitrogens with one attached hydrogen (secondary N) is 1. The number of aromatic nitrogens is 1. The Morgan fingerprint density at radius 2 is 1.68 bits per heavy atom. The van der Waals surface area contributed by atoms with Crippen LogP contribution in [0.5, 0.6) is 5.75 Å². The van der Waals surface area contributed by atoms with Gasteiger partial charge in [0.15, 0.2) is 11.6 Å². The largest absolute Gasteiger partial charge is 0.494 e. The average Bonchev–Trinajstić information content (AvgIpc) is 3.33. The summed E-state index contributed by atoms with van der Waals surface area (Å²) >= 11 is 1.48. The quantitative estimate of drug-likeness (QED) is 0.288. The molecule has 2 heterocycles. The van der Waals surface area contributed by atoms with Crippen molar-refractivity contribution in [1.82, 2.24) is 9.88 Å². The fraction of sp³-hybridized carbons (Fsp3) is 0.233. The van der Waals surface area contributed by atoms with Crippen molar-refractivity contribution < 1.29 is 17.9 Å². The number of hydrogen-bond acceptors (Lipinski definition) is 4. The molecule has 1 N–H and O–H groups in total. The van der Waals surface area contributed by atoms with Gasteiger partial charge in [-0.25, -0.2) is 13.2 Å². The van der Waals surface area contributed by atoms with Crippen LogP contribution in [0, 0.1) is 24.4 Å². The second kappa shape index (κ2) is 11.1. The van der Waals surface area contributed by atoms with Crippen molar-refractivity contribution in [1.29, 1.82) is 0 Å². The molecule has 1 atom stereocenters. The van der Waals surface area contributed by atoms with Crippen LogP contribution < -0.4 is 15.6 Å². The zero-order chi connectivity index (χ0) is 26.8. The number of thioether (sulfide) groups is 1. The van der Waals surface area contributed by atoms with Gasteiger partial charge < -0.3 is 10.1 Å². The molecule has 0 aliphatic carbocycles. The molecule has 0 radical (unpaired) electrons. The van der Waals surface area contributed by atoms with Crippen molar-refractivity contribution in [2.24, 2.45) is 0 Å². The molecule has 0 bridgehead atoms. The summed E-state index contributed by atoms with van der Waals surface area (Å²) in [6.07, 6.45) is -0.0598. The number of benzene rings is 3. The van der Waals surface area contributed by atoms with E-state index >= 15 is 4.39 Å². The van der Waals surface area contributed by atoms with Gasteiger partial charge in [0.05, 0.1) is 23.7 Å². The molecule has 1 aromatic heterocycles. The molecule has 1 unspecified atom stereocenters. The second-order valence-corrected chi connectivity index (χ2v) is 10.2. The molecule has 0 fully saturated rings. The van der Waals surface area contributed by atoms with Crippen molar-refractivity contribution in [3.05, 3.63) is 117 Å². The highest BCUT2D eigenvalue weighted by Gasteiger charge is 2.32. The van der Waals surface area contributed by atoms with E-state index in [9.17, 15) is 13.6 Å². The Labute approximate surface area is 223 Å². The molecule has 1 aliphatic rings. The molecule has 4 aromatic rings. The third kappa shape index (κ3) is 4.86. The third-order valence-corrected chi connectivity index (χ3v) is 8.20. The Kier molecular flexibility index (Phi) is 7.63. The van der Waals surface area contributed by atoms with Gasteiger partial charge in [-0.05, 0) is 41.8 Å². The molecule has 3 aromatic carbocycles. The molecule has 1 aliphatic heterocycles. The average molecular weight is 537 g/mol. The van der Waals surface area contributed by atoms with Gasteiger partial charge in [-0.15, -0.1) is 11.8 Å². The summed E-state index contributed by atoms with van der Waals surface area (Å²) in [6.45, 7) is 2.85. The minimum absolute atomic E-state index is 0.0175. The zero-order valence-corrected chi connectivity index (χ0v) is 21.9. The molecule has 8 heteroatoms. The Balaban J connectivity index is 1.62. The Morgan fingerprint density at radius 3 is 2.39 bits per heavy atom.